The zero-order chi connectivity index (χ0) is 21.8. The normalized spacial score (nSPS) is 11.0. The zero-order valence-corrected chi connectivity index (χ0v) is 18.0. The van der Waals surface area contributed by atoms with Gasteiger partial charge in [0.1, 0.15) is 6.61 Å². The molecule has 8 heteroatoms. The lowest BCUT2D eigenvalue weighted by Gasteiger charge is -2.15. The predicted molar refractivity (Wildman–Crippen MR) is 118 cm³/mol. The predicted octanol–water partition coefficient (Wildman–Crippen LogP) is 3.05. The Bertz CT molecular complexity index is 826. The van der Waals surface area contributed by atoms with Crippen LogP contribution in [0.4, 0.5) is 5.69 Å². The molecule has 0 saturated heterocycles. The van der Waals surface area contributed by atoms with Gasteiger partial charge in [-0.15, -0.1) is 0 Å². The summed E-state index contributed by atoms with van der Waals surface area (Å²) < 4.78 is 21.8. The number of aliphatic hydroxyl groups is 1. The molecule has 0 aliphatic carbocycles. The van der Waals surface area contributed by atoms with Crippen molar-refractivity contribution in [3.63, 3.8) is 0 Å². The van der Waals surface area contributed by atoms with E-state index in [4.69, 9.17) is 24.1 Å². The van der Waals surface area contributed by atoms with E-state index in [0.717, 1.165) is 17.8 Å². The molecule has 0 aliphatic rings. The quantitative estimate of drug-likeness (QED) is 0.382. The van der Waals surface area contributed by atoms with Gasteiger partial charge in [0.25, 0.3) is 0 Å². The first-order valence-electron chi connectivity index (χ1n) is 9.91. The summed E-state index contributed by atoms with van der Waals surface area (Å²) in [6.45, 7) is 5.82. The van der Waals surface area contributed by atoms with Crippen molar-refractivity contribution >= 4 is 11.6 Å². The van der Waals surface area contributed by atoms with Gasteiger partial charge >= 0.3 is 0 Å². The summed E-state index contributed by atoms with van der Waals surface area (Å²) >= 11 is 0. The van der Waals surface area contributed by atoms with Crippen molar-refractivity contribution in [3.05, 3.63) is 42.0 Å². The van der Waals surface area contributed by atoms with Crippen molar-refractivity contribution in [1.82, 2.24) is 5.32 Å². The van der Waals surface area contributed by atoms with Crippen molar-refractivity contribution < 1.29 is 24.1 Å². The Morgan fingerprint density at radius 1 is 0.933 bits per heavy atom. The second kappa shape index (κ2) is 12.4. The minimum absolute atomic E-state index is 0.0523. The summed E-state index contributed by atoms with van der Waals surface area (Å²) in [5.41, 5.74) is 1.80. The fraction of sp³-hybridized carbons (Fsp3) is 0.409. The van der Waals surface area contributed by atoms with Gasteiger partial charge in [-0.05, 0) is 43.7 Å². The zero-order valence-electron chi connectivity index (χ0n) is 18.0. The molecule has 8 nitrogen and oxygen atoms in total. The summed E-state index contributed by atoms with van der Waals surface area (Å²) in [6.07, 6.45) is 0. The first-order valence-corrected chi connectivity index (χ1v) is 9.91. The second-order valence-corrected chi connectivity index (χ2v) is 6.18. The number of anilines is 1. The fourth-order valence-corrected chi connectivity index (χ4v) is 2.72. The number of aliphatic hydroxyl groups excluding tert-OH is 1. The number of aliphatic imine (C=N–C) groups is 1. The lowest BCUT2D eigenvalue weighted by molar-refractivity contribution is 0.196. The summed E-state index contributed by atoms with van der Waals surface area (Å²) in [5.74, 6) is 3.19. The van der Waals surface area contributed by atoms with E-state index < -0.39 is 0 Å². The maximum Gasteiger partial charge on any atom is 0.196 e. The summed E-state index contributed by atoms with van der Waals surface area (Å²) in [5, 5.41) is 15.4. The molecular weight excluding hydrogens is 386 g/mol. The number of hydrogen-bond donors (Lipinski definition) is 3. The molecule has 0 saturated carbocycles. The Balaban J connectivity index is 2.15. The molecule has 2 aromatic carbocycles. The second-order valence-electron chi connectivity index (χ2n) is 6.18. The van der Waals surface area contributed by atoms with Gasteiger partial charge in [-0.1, -0.05) is 6.07 Å². The third-order valence-electron chi connectivity index (χ3n) is 4.07. The lowest BCUT2D eigenvalue weighted by atomic mass is 10.2. The molecule has 2 aromatic rings. The molecule has 0 amide bonds. The number of benzene rings is 2. The molecule has 0 unspecified atom stereocenters. The highest BCUT2D eigenvalue weighted by Gasteiger charge is 2.08. The number of methoxy groups -OCH3 is 2. The van der Waals surface area contributed by atoms with E-state index in [1.54, 1.807) is 14.2 Å². The number of hydrogen-bond acceptors (Lipinski definition) is 6. The average Bonchev–Trinajstić information content (AvgIpc) is 2.77. The van der Waals surface area contributed by atoms with E-state index in [-0.39, 0.29) is 13.2 Å². The van der Waals surface area contributed by atoms with Crippen molar-refractivity contribution in [2.24, 2.45) is 4.99 Å². The van der Waals surface area contributed by atoms with Gasteiger partial charge in [0.05, 0.1) is 34.0 Å². The standard InChI is InChI=1S/C22H31N3O5/c1-5-23-22(25-17-8-10-18(27-3)21(14-17)29-6-2)24-15-16-7-9-19(30-12-11-26)20(13-16)28-4/h7-10,13-14,26H,5-6,11-12,15H2,1-4H3,(H2,23,24,25). The molecule has 3 N–H and O–H groups in total. The molecule has 164 valence electrons. The van der Waals surface area contributed by atoms with Crippen LogP contribution in [0.2, 0.25) is 0 Å². The van der Waals surface area contributed by atoms with Crippen LogP contribution >= 0.6 is 0 Å². The van der Waals surface area contributed by atoms with E-state index in [2.05, 4.69) is 15.6 Å². The van der Waals surface area contributed by atoms with E-state index >= 15 is 0 Å². The highest BCUT2D eigenvalue weighted by molar-refractivity contribution is 5.93. The molecule has 0 spiro atoms. The van der Waals surface area contributed by atoms with Crippen LogP contribution in [0.5, 0.6) is 23.0 Å². The van der Waals surface area contributed by atoms with Gasteiger partial charge in [0, 0.05) is 18.3 Å². The van der Waals surface area contributed by atoms with E-state index in [0.29, 0.717) is 42.1 Å². The topological polar surface area (TPSA) is 93.6 Å². The van der Waals surface area contributed by atoms with Crippen molar-refractivity contribution in [3.8, 4) is 23.0 Å². The van der Waals surface area contributed by atoms with Crippen LogP contribution in [0.15, 0.2) is 41.4 Å². The fourth-order valence-electron chi connectivity index (χ4n) is 2.72. The van der Waals surface area contributed by atoms with E-state index in [1.165, 1.54) is 0 Å². The molecule has 0 aliphatic heterocycles. The van der Waals surface area contributed by atoms with Crippen LogP contribution in [0.1, 0.15) is 19.4 Å². The number of guanidine groups is 1. The number of ether oxygens (including phenoxy) is 4. The highest BCUT2D eigenvalue weighted by atomic mass is 16.5. The Kier molecular flexibility index (Phi) is 9.60. The average molecular weight is 418 g/mol. The van der Waals surface area contributed by atoms with Crippen LogP contribution in [0.3, 0.4) is 0 Å². The maximum atomic E-state index is 8.93. The van der Waals surface area contributed by atoms with Crippen LogP contribution in [0, 0.1) is 0 Å². The third kappa shape index (κ3) is 6.73. The van der Waals surface area contributed by atoms with Crippen LogP contribution in [0.25, 0.3) is 0 Å². The molecule has 0 fully saturated rings. The molecule has 30 heavy (non-hydrogen) atoms. The number of rotatable bonds is 11. The molecule has 0 aromatic heterocycles. The molecule has 0 heterocycles. The molecular formula is C22H31N3O5. The summed E-state index contributed by atoms with van der Waals surface area (Å²) in [6, 6.07) is 11.3. The van der Waals surface area contributed by atoms with Gasteiger partial charge in [0.15, 0.2) is 29.0 Å². The third-order valence-corrected chi connectivity index (χ3v) is 4.07. The van der Waals surface area contributed by atoms with Crippen molar-refractivity contribution in [2.75, 3.05) is 45.9 Å². The van der Waals surface area contributed by atoms with Crippen LogP contribution in [-0.2, 0) is 6.54 Å². The lowest BCUT2D eigenvalue weighted by Crippen LogP contribution is -2.30. The number of nitrogens with one attached hydrogen (secondary N) is 2. The minimum Gasteiger partial charge on any atom is -0.493 e. The van der Waals surface area contributed by atoms with Gasteiger partial charge in [0.2, 0.25) is 0 Å². The Morgan fingerprint density at radius 2 is 1.70 bits per heavy atom. The monoisotopic (exact) mass is 417 g/mol. The molecule has 0 radical (unpaired) electrons. The van der Waals surface area contributed by atoms with Gasteiger partial charge < -0.3 is 34.7 Å². The number of nitrogens with zero attached hydrogens (tertiary/aromatic N) is 1. The Morgan fingerprint density at radius 3 is 2.37 bits per heavy atom. The first kappa shape index (κ1) is 23.2. The van der Waals surface area contributed by atoms with Crippen molar-refractivity contribution in [2.45, 2.75) is 20.4 Å². The molecule has 2 rings (SSSR count). The minimum atomic E-state index is -0.0523. The summed E-state index contributed by atoms with van der Waals surface area (Å²) in [7, 11) is 3.20. The van der Waals surface area contributed by atoms with Gasteiger partial charge in [-0.2, -0.15) is 0 Å². The largest absolute Gasteiger partial charge is 0.493 e. The van der Waals surface area contributed by atoms with Crippen molar-refractivity contribution in [1.29, 1.82) is 0 Å². The first-order chi connectivity index (χ1) is 14.6. The van der Waals surface area contributed by atoms with E-state index in [1.807, 2.05) is 50.2 Å². The Labute approximate surface area is 177 Å². The van der Waals surface area contributed by atoms with Gasteiger partial charge in [-0.25, -0.2) is 4.99 Å². The highest BCUT2D eigenvalue weighted by Crippen LogP contribution is 2.30. The van der Waals surface area contributed by atoms with Crippen LogP contribution in [-0.4, -0.2) is 51.7 Å². The summed E-state index contributed by atoms with van der Waals surface area (Å²) in [4.78, 5) is 4.65. The molecule has 0 bridgehead atoms. The van der Waals surface area contributed by atoms with E-state index in [9.17, 15) is 0 Å². The maximum absolute atomic E-state index is 8.93. The Hall–Kier alpha value is -3.13. The SMILES string of the molecule is CCNC(=NCc1ccc(OCCO)c(OC)c1)Nc1ccc(OC)c(OCC)c1. The molecule has 0 atom stereocenters. The smallest absolute Gasteiger partial charge is 0.196 e. The van der Waals surface area contributed by atoms with Gasteiger partial charge in [-0.3, -0.25) is 0 Å². The van der Waals surface area contributed by atoms with Crippen LogP contribution < -0.4 is 29.6 Å².